The Kier molecular flexibility index (Phi) is 3.01. The first-order chi connectivity index (χ1) is 10.4. The lowest BCUT2D eigenvalue weighted by molar-refractivity contribution is 0.317. The van der Waals surface area contributed by atoms with Gasteiger partial charge < -0.3 is 9.51 Å². The molecule has 1 atom stereocenters. The predicted molar refractivity (Wildman–Crippen MR) is 75.4 cm³/mol. The fraction of sp³-hybridized carbons (Fsp3) is 0.267. The Hall–Kier alpha value is -2.47. The van der Waals surface area contributed by atoms with E-state index in [1.807, 2.05) is 18.2 Å². The van der Waals surface area contributed by atoms with Crippen LogP contribution in [0.1, 0.15) is 34.7 Å². The smallest absolute Gasteiger partial charge is 0.244 e. The van der Waals surface area contributed by atoms with Crippen LogP contribution >= 0.6 is 0 Å². The lowest BCUT2D eigenvalue weighted by Crippen LogP contribution is -2.28. The van der Waals surface area contributed by atoms with E-state index in [1.54, 1.807) is 6.33 Å². The Balaban J connectivity index is 1.50. The summed E-state index contributed by atoms with van der Waals surface area (Å²) in [6, 6.07) is 10.2. The number of benzene rings is 1. The lowest BCUT2D eigenvalue weighted by Gasteiger charge is -2.19. The molecule has 3 heterocycles. The molecule has 2 aromatic heterocycles. The second-order valence-corrected chi connectivity index (χ2v) is 5.18. The third-order valence-corrected chi connectivity index (χ3v) is 3.72. The summed E-state index contributed by atoms with van der Waals surface area (Å²) < 4.78 is 5.41. The van der Waals surface area contributed by atoms with Crippen LogP contribution in [0.3, 0.4) is 0 Å². The van der Waals surface area contributed by atoms with Gasteiger partial charge in [-0.15, -0.1) is 0 Å². The molecule has 1 aliphatic heterocycles. The van der Waals surface area contributed by atoms with Gasteiger partial charge in [-0.2, -0.15) is 4.98 Å². The zero-order valence-electron chi connectivity index (χ0n) is 11.4. The number of hydrogen-bond donors (Lipinski definition) is 2. The van der Waals surface area contributed by atoms with Crippen molar-refractivity contribution in [3.8, 4) is 0 Å². The monoisotopic (exact) mass is 281 g/mol. The SMILES string of the molecule is c1ccc(Cc2noc([C@@H]3Cc4nc[nH]c4CN3)n2)cc1. The Morgan fingerprint density at radius 2 is 2.14 bits per heavy atom. The van der Waals surface area contributed by atoms with E-state index in [9.17, 15) is 0 Å². The topological polar surface area (TPSA) is 79.6 Å². The number of rotatable bonds is 3. The van der Waals surface area contributed by atoms with Crippen molar-refractivity contribution in [2.45, 2.75) is 25.4 Å². The molecule has 0 saturated heterocycles. The first kappa shape index (κ1) is 12.3. The molecule has 0 spiro atoms. The third-order valence-electron chi connectivity index (χ3n) is 3.72. The molecule has 6 nitrogen and oxygen atoms in total. The van der Waals surface area contributed by atoms with Crippen molar-refractivity contribution in [3.63, 3.8) is 0 Å². The van der Waals surface area contributed by atoms with Gasteiger partial charge in [0.15, 0.2) is 5.82 Å². The normalized spacial score (nSPS) is 17.6. The molecule has 4 rings (SSSR count). The molecule has 0 saturated carbocycles. The third kappa shape index (κ3) is 2.45. The summed E-state index contributed by atoms with van der Waals surface area (Å²) in [6.07, 6.45) is 3.18. The lowest BCUT2D eigenvalue weighted by atomic mass is 10.1. The number of imidazole rings is 1. The van der Waals surface area contributed by atoms with Crippen molar-refractivity contribution in [3.05, 3.63) is 65.3 Å². The summed E-state index contributed by atoms with van der Waals surface area (Å²) in [6.45, 7) is 0.746. The summed E-state index contributed by atoms with van der Waals surface area (Å²) in [5.41, 5.74) is 3.38. The summed E-state index contributed by atoms with van der Waals surface area (Å²) in [4.78, 5) is 12.0. The second-order valence-electron chi connectivity index (χ2n) is 5.18. The van der Waals surface area contributed by atoms with Crippen LogP contribution < -0.4 is 5.32 Å². The molecule has 0 unspecified atom stereocenters. The van der Waals surface area contributed by atoms with Gasteiger partial charge in [0.25, 0.3) is 0 Å². The standard InChI is InChI=1S/C15H15N5O/c1-2-4-10(5-3-1)6-14-19-15(21-20-14)12-7-11-13(8-16-12)18-9-17-11/h1-5,9,12,16H,6-8H2,(H,17,18)/t12-/m0/s1. The molecule has 0 radical (unpaired) electrons. The van der Waals surface area contributed by atoms with Gasteiger partial charge in [-0.05, 0) is 5.56 Å². The van der Waals surface area contributed by atoms with E-state index >= 15 is 0 Å². The summed E-state index contributed by atoms with van der Waals surface area (Å²) in [7, 11) is 0. The molecule has 3 aromatic rings. The summed E-state index contributed by atoms with van der Waals surface area (Å²) in [5, 5.41) is 7.46. The van der Waals surface area contributed by atoms with Crippen LogP contribution in [0.5, 0.6) is 0 Å². The van der Waals surface area contributed by atoms with E-state index < -0.39 is 0 Å². The maximum absolute atomic E-state index is 5.41. The van der Waals surface area contributed by atoms with Crippen LogP contribution in [0.25, 0.3) is 0 Å². The number of nitrogens with zero attached hydrogens (tertiary/aromatic N) is 3. The van der Waals surface area contributed by atoms with Gasteiger partial charge in [0, 0.05) is 19.4 Å². The average molecular weight is 281 g/mol. The van der Waals surface area contributed by atoms with E-state index in [4.69, 9.17) is 4.52 Å². The molecular formula is C15H15N5O. The fourth-order valence-electron chi connectivity index (χ4n) is 2.60. The Labute approximate surface area is 121 Å². The molecule has 21 heavy (non-hydrogen) atoms. The molecule has 1 aromatic carbocycles. The second kappa shape index (κ2) is 5.14. The first-order valence-electron chi connectivity index (χ1n) is 6.99. The average Bonchev–Trinajstić information content (AvgIpc) is 3.16. The highest BCUT2D eigenvalue weighted by atomic mass is 16.5. The maximum Gasteiger partial charge on any atom is 0.244 e. The molecule has 0 amide bonds. The van der Waals surface area contributed by atoms with E-state index in [-0.39, 0.29) is 6.04 Å². The number of fused-ring (bicyclic) bond motifs is 1. The van der Waals surface area contributed by atoms with Gasteiger partial charge in [0.05, 0.1) is 23.8 Å². The predicted octanol–water partition coefficient (Wildman–Crippen LogP) is 1.77. The Morgan fingerprint density at radius 1 is 1.24 bits per heavy atom. The quantitative estimate of drug-likeness (QED) is 0.765. The van der Waals surface area contributed by atoms with Crippen molar-refractivity contribution in [1.82, 2.24) is 25.4 Å². The van der Waals surface area contributed by atoms with Crippen LogP contribution in [0.2, 0.25) is 0 Å². The fourth-order valence-corrected chi connectivity index (χ4v) is 2.60. The van der Waals surface area contributed by atoms with Crippen LogP contribution in [-0.4, -0.2) is 20.1 Å². The van der Waals surface area contributed by atoms with Gasteiger partial charge in [-0.25, -0.2) is 4.98 Å². The van der Waals surface area contributed by atoms with E-state index in [1.165, 1.54) is 5.56 Å². The van der Waals surface area contributed by atoms with Crippen molar-refractivity contribution < 1.29 is 4.52 Å². The van der Waals surface area contributed by atoms with Crippen molar-refractivity contribution in [2.24, 2.45) is 0 Å². The van der Waals surface area contributed by atoms with E-state index in [0.717, 1.165) is 24.4 Å². The largest absolute Gasteiger partial charge is 0.347 e. The molecule has 1 aliphatic rings. The molecular weight excluding hydrogens is 266 g/mol. The minimum absolute atomic E-state index is 0.0397. The number of H-pyrrole nitrogens is 1. The Bertz CT molecular complexity index is 733. The van der Waals surface area contributed by atoms with Gasteiger partial charge >= 0.3 is 0 Å². The summed E-state index contributed by atoms with van der Waals surface area (Å²) >= 11 is 0. The number of hydrogen-bond acceptors (Lipinski definition) is 5. The molecule has 0 aliphatic carbocycles. The highest BCUT2D eigenvalue weighted by Crippen LogP contribution is 2.22. The number of aromatic nitrogens is 4. The van der Waals surface area contributed by atoms with Crippen molar-refractivity contribution in [1.29, 1.82) is 0 Å². The molecule has 6 heteroatoms. The number of nitrogens with one attached hydrogen (secondary N) is 2. The van der Waals surface area contributed by atoms with E-state index in [2.05, 4.69) is 37.6 Å². The van der Waals surface area contributed by atoms with Crippen LogP contribution in [0, 0.1) is 0 Å². The molecule has 106 valence electrons. The highest BCUT2D eigenvalue weighted by molar-refractivity contribution is 5.20. The summed E-state index contributed by atoms with van der Waals surface area (Å²) in [5.74, 6) is 1.35. The van der Waals surface area contributed by atoms with Crippen LogP contribution in [-0.2, 0) is 19.4 Å². The zero-order valence-corrected chi connectivity index (χ0v) is 11.4. The maximum atomic E-state index is 5.41. The Morgan fingerprint density at radius 3 is 3.05 bits per heavy atom. The van der Waals surface area contributed by atoms with Crippen LogP contribution in [0.4, 0.5) is 0 Å². The van der Waals surface area contributed by atoms with Crippen molar-refractivity contribution in [2.75, 3.05) is 0 Å². The number of aromatic amines is 1. The molecule has 0 fully saturated rings. The van der Waals surface area contributed by atoms with Crippen LogP contribution in [0.15, 0.2) is 41.2 Å². The van der Waals surface area contributed by atoms with Gasteiger partial charge in [0.1, 0.15) is 0 Å². The minimum atomic E-state index is 0.0397. The highest BCUT2D eigenvalue weighted by Gasteiger charge is 2.25. The van der Waals surface area contributed by atoms with E-state index in [0.29, 0.717) is 18.1 Å². The minimum Gasteiger partial charge on any atom is -0.347 e. The molecule has 0 bridgehead atoms. The van der Waals surface area contributed by atoms with Crippen molar-refractivity contribution >= 4 is 0 Å². The molecule has 2 N–H and O–H groups in total. The van der Waals surface area contributed by atoms with Gasteiger partial charge in [-0.3, -0.25) is 5.32 Å². The van der Waals surface area contributed by atoms with Gasteiger partial charge in [0.2, 0.25) is 5.89 Å². The zero-order chi connectivity index (χ0) is 14.1. The first-order valence-corrected chi connectivity index (χ1v) is 6.99. The van der Waals surface area contributed by atoms with Gasteiger partial charge in [-0.1, -0.05) is 35.5 Å².